The number of methoxy groups -OCH3 is 1. The Morgan fingerprint density at radius 3 is 2.50 bits per heavy atom. The molecule has 0 N–H and O–H groups in total. The highest BCUT2D eigenvalue weighted by Gasteiger charge is 2.61. The number of benzene rings is 1. The number of hydrogen-bond donors (Lipinski definition) is 0. The van der Waals surface area contributed by atoms with Crippen molar-refractivity contribution in [1.82, 2.24) is 0 Å². The van der Waals surface area contributed by atoms with Crippen LogP contribution in [0.4, 0.5) is 0 Å². The predicted octanol–water partition coefficient (Wildman–Crippen LogP) is 3.82. The first-order valence-electron chi connectivity index (χ1n) is 8.17. The highest BCUT2D eigenvalue weighted by Crippen LogP contribution is 2.49. The molecule has 0 aliphatic carbocycles. The smallest absolute Gasteiger partial charge is 0.338 e. The molecule has 1 fully saturated rings. The van der Waals surface area contributed by atoms with E-state index in [1.54, 1.807) is 7.11 Å². The second-order valence-electron chi connectivity index (χ2n) is 5.70. The van der Waals surface area contributed by atoms with E-state index in [1.165, 1.54) is 12.8 Å². The van der Waals surface area contributed by atoms with E-state index in [9.17, 15) is 4.79 Å². The third-order valence-electron chi connectivity index (χ3n) is 4.25. The number of carbonyl (C=O) groups excluding carboxylic acids is 1. The molecular formula is C18H26O4. The van der Waals surface area contributed by atoms with Gasteiger partial charge in [-0.1, -0.05) is 45.2 Å². The number of unbranched alkanes of at least 4 members (excludes halogenated alkanes) is 3. The normalized spacial score (nSPS) is 23.1. The van der Waals surface area contributed by atoms with Gasteiger partial charge in [0, 0.05) is 0 Å². The van der Waals surface area contributed by atoms with Crippen molar-refractivity contribution in [3.05, 3.63) is 29.8 Å². The zero-order valence-corrected chi connectivity index (χ0v) is 13.8. The minimum atomic E-state index is -0.521. The minimum Gasteiger partial charge on any atom is -0.497 e. The summed E-state index contributed by atoms with van der Waals surface area (Å²) >= 11 is 0. The Labute approximate surface area is 132 Å². The highest BCUT2D eigenvalue weighted by atomic mass is 16.7. The SMILES string of the molecule is CCCCCCOC(=O)C1OC1(CC)c1ccc(OC)cc1. The average Bonchev–Trinajstić information content (AvgIpc) is 3.31. The van der Waals surface area contributed by atoms with E-state index in [4.69, 9.17) is 14.2 Å². The maximum Gasteiger partial charge on any atom is 0.338 e. The summed E-state index contributed by atoms with van der Waals surface area (Å²) in [6, 6.07) is 7.69. The van der Waals surface area contributed by atoms with Gasteiger partial charge in [0.2, 0.25) is 0 Å². The Kier molecular flexibility index (Phi) is 5.83. The lowest BCUT2D eigenvalue weighted by atomic mass is 9.92. The Morgan fingerprint density at radius 2 is 1.91 bits per heavy atom. The van der Waals surface area contributed by atoms with Crippen LogP contribution >= 0.6 is 0 Å². The first kappa shape index (κ1) is 16.8. The molecule has 0 saturated carbocycles. The third-order valence-corrected chi connectivity index (χ3v) is 4.25. The average molecular weight is 306 g/mol. The largest absolute Gasteiger partial charge is 0.497 e. The number of epoxide rings is 1. The summed E-state index contributed by atoms with van der Waals surface area (Å²) in [5.74, 6) is 0.555. The molecule has 4 heteroatoms. The molecule has 2 rings (SSSR count). The lowest BCUT2D eigenvalue weighted by Crippen LogP contribution is -2.21. The first-order chi connectivity index (χ1) is 10.7. The van der Waals surface area contributed by atoms with Crippen LogP contribution in [0.2, 0.25) is 0 Å². The van der Waals surface area contributed by atoms with Crippen LogP contribution in [-0.4, -0.2) is 25.8 Å². The Bertz CT molecular complexity index is 482. The lowest BCUT2D eigenvalue weighted by molar-refractivity contribution is -0.145. The van der Waals surface area contributed by atoms with Gasteiger partial charge in [-0.3, -0.25) is 0 Å². The second-order valence-corrected chi connectivity index (χ2v) is 5.70. The van der Waals surface area contributed by atoms with Crippen molar-refractivity contribution in [3.63, 3.8) is 0 Å². The zero-order chi connectivity index (χ0) is 16.0. The lowest BCUT2D eigenvalue weighted by Gasteiger charge is -2.11. The van der Waals surface area contributed by atoms with Crippen LogP contribution < -0.4 is 4.74 Å². The molecule has 0 amide bonds. The van der Waals surface area contributed by atoms with Gasteiger partial charge in [0.05, 0.1) is 13.7 Å². The Balaban J connectivity index is 1.89. The van der Waals surface area contributed by atoms with Crippen LogP contribution in [0.3, 0.4) is 0 Å². The van der Waals surface area contributed by atoms with E-state index in [1.807, 2.05) is 31.2 Å². The van der Waals surface area contributed by atoms with Crippen LogP contribution in [0.25, 0.3) is 0 Å². The van der Waals surface area contributed by atoms with Crippen molar-refractivity contribution < 1.29 is 19.0 Å². The molecule has 4 nitrogen and oxygen atoms in total. The number of hydrogen-bond acceptors (Lipinski definition) is 4. The molecule has 1 aliphatic heterocycles. The van der Waals surface area contributed by atoms with E-state index in [-0.39, 0.29) is 5.97 Å². The van der Waals surface area contributed by atoms with Gasteiger partial charge < -0.3 is 14.2 Å². The van der Waals surface area contributed by atoms with Crippen LogP contribution in [0, 0.1) is 0 Å². The van der Waals surface area contributed by atoms with Crippen molar-refractivity contribution in [2.24, 2.45) is 0 Å². The number of rotatable bonds is 9. The van der Waals surface area contributed by atoms with Crippen LogP contribution in [0.5, 0.6) is 5.75 Å². The molecule has 2 atom stereocenters. The fourth-order valence-electron chi connectivity index (χ4n) is 2.76. The molecule has 0 aromatic heterocycles. The maximum atomic E-state index is 12.1. The van der Waals surface area contributed by atoms with Gasteiger partial charge in [-0.15, -0.1) is 0 Å². The van der Waals surface area contributed by atoms with Crippen molar-refractivity contribution in [3.8, 4) is 5.75 Å². The van der Waals surface area contributed by atoms with E-state index in [0.29, 0.717) is 6.61 Å². The summed E-state index contributed by atoms with van der Waals surface area (Å²) in [5.41, 5.74) is 0.482. The number of esters is 1. The quantitative estimate of drug-likeness (QED) is 0.395. The summed E-state index contributed by atoms with van der Waals surface area (Å²) in [5, 5.41) is 0. The molecule has 22 heavy (non-hydrogen) atoms. The van der Waals surface area contributed by atoms with Crippen LogP contribution in [0.15, 0.2) is 24.3 Å². The predicted molar refractivity (Wildman–Crippen MR) is 84.9 cm³/mol. The topological polar surface area (TPSA) is 48.1 Å². The molecule has 1 aromatic carbocycles. The molecule has 122 valence electrons. The molecule has 0 spiro atoms. The summed E-state index contributed by atoms with van der Waals surface area (Å²) in [6.07, 6.45) is 4.66. The van der Waals surface area contributed by atoms with Gasteiger partial charge in [0.25, 0.3) is 0 Å². The zero-order valence-electron chi connectivity index (χ0n) is 13.8. The Morgan fingerprint density at radius 1 is 1.18 bits per heavy atom. The van der Waals surface area contributed by atoms with E-state index >= 15 is 0 Å². The molecule has 1 heterocycles. The summed E-state index contributed by atoms with van der Waals surface area (Å²) in [4.78, 5) is 12.1. The van der Waals surface area contributed by atoms with Crippen molar-refractivity contribution in [1.29, 1.82) is 0 Å². The number of ether oxygens (including phenoxy) is 3. The fraction of sp³-hybridized carbons (Fsp3) is 0.611. The molecule has 1 aromatic rings. The van der Waals surface area contributed by atoms with Gasteiger partial charge >= 0.3 is 5.97 Å². The van der Waals surface area contributed by atoms with Gasteiger partial charge in [0.1, 0.15) is 11.4 Å². The van der Waals surface area contributed by atoms with E-state index < -0.39 is 11.7 Å². The van der Waals surface area contributed by atoms with Crippen LogP contribution in [0.1, 0.15) is 51.5 Å². The molecule has 1 aliphatic rings. The Hall–Kier alpha value is -1.55. The maximum absolute atomic E-state index is 12.1. The summed E-state index contributed by atoms with van der Waals surface area (Å²) < 4.78 is 16.2. The highest BCUT2D eigenvalue weighted by molar-refractivity contribution is 5.80. The van der Waals surface area contributed by atoms with Crippen LogP contribution in [-0.2, 0) is 19.9 Å². The standard InChI is InChI=1S/C18H26O4/c1-4-6-7-8-13-21-17(19)16-18(5-2,22-16)14-9-11-15(20-3)12-10-14/h9-12,16H,4-8,13H2,1-3H3. The molecule has 0 bridgehead atoms. The molecule has 2 unspecified atom stereocenters. The van der Waals surface area contributed by atoms with Crippen molar-refractivity contribution >= 4 is 5.97 Å². The summed E-state index contributed by atoms with van der Waals surface area (Å²) in [7, 11) is 1.64. The monoisotopic (exact) mass is 306 g/mol. The minimum absolute atomic E-state index is 0.242. The molecular weight excluding hydrogens is 280 g/mol. The second kappa shape index (κ2) is 7.63. The molecule has 0 radical (unpaired) electrons. The van der Waals surface area contributed by atoms with E-state index in [0.717, 1.165) is 30.6 Å². The van der Waals surface area contributed by atoms with Gasteiger partial charge in [-0.2, -0.15) is 0 Å². The number of carbonyl (C=O) groups is 1. The molecule has 1 saturated heterocycles. The van der Waals surface area contributed by atoms with E-state index in [2.05, 4.69) is 6.92 Å². The van der Waals surface area contributed by atoms with Crippen molar-refractivity contribution in [2.75, 3.05) is 13.7 Å². The van der Waals surface area contributed by atoms with Crippen molar-refractivity contribution in [2.45, 2.75) is 57.7 Å². The fourth-order valence-corrected chi connectivity index (χ4v) is 2.76. The first-order valence-corrected chi connectivity index (χ1v) is 8.17. The van der Waals surface area contributed by atoms with Gasteiger partial charge in [-0.25, -0.2) is 4.79 Å². The van der Waals surface area contributed by atoms with Gasteiger partial charge in [0.15, 0.2) is 6.10 Å². The third kappa shape index (κ3) is 3.61. The van der Waals surface area contributed by atoms with Gasteiger partial charge in [-0.05, 0) is 30.5 Å². The summed E-state index contributed by atoms with van der Waals surface area (Å²) in [6.45, 7) is 4.67.